The molecule has 3 nitrogen and oxygen atoms in total. The second-order valence-corrected chi connectivity index (χ2v) is 6.00. The molecule has 0 saturated heterocycles. The second-order valence-electron chi connectivity index (χ2n) is 6.00. The van der Waals surface area contributed by atoms with E-state index >= 15 is 0 Å². The number of allylic oxidation sites excluding steroid dienone is 2. The van der Waals surface area contributed by atoms with Gasteiger partial charge in [-0.15, -0.1) is 6.42 Å². The number of rotatable bonds is 3. The first-order valence-corrected chi connectivity index (χ1v) is 8.10. The van der Waals surface area contributed by atoms with Gasteiger partial charge in [-0.1, -0.05) is 49.4 Å². The molecule has 28 heavy (non-hydrogen) atoms. The standard InChI is InChI=1S/C22H14F3N3/c1-4-16-12-20(19(23)11-17(16)13-26)28-14(2)10-21(27-15(28)3)22(24,25)18-8-6-5-7-9-18/h1,5-12,27H,2-3H2. The van der Waals surface area contributed by atoms with Crippen LogP contribution in [0.15, 0.2) is 78.9 Å². The molecule has 138 valence electrons. The Morgan fingerprint density at radius 3 is 2.36 bits per heavy atom. The lowest BCUT2D eigenvalue weighted by Gasteiger charge is -2.35. The fourth-order valence-corrected chi connectivity index (χ4v) is 2.87. The fourth-order valence-electron chi connectivity index (χ4n) is 2.87. The lowest BCUT2D eigenvalue weighted by molar-refractivity contribution is 0.0311. The van der Waals surface area contributed by atoms with E-state index in [0.717, 1.165) is 12.1 Å². The number of alkyl halides is 2. The highest BCUT2D eigenvalue weighted by atomic mass is 19.3. The predicted molar refractivity (Wildman–Crippen MR) is 101 cm³/mol. The molecule has 6 heteroatoms. The molecule has 1 N–H and O–H groups in total. The van der Waals surface area contributed by atoms with Gasteiger partial charge < -0.3 is 5.32 Å². The smallest absolute Gasteiger partial charge is 0.312 e. The Kier molecular flexibility index (Phi) is 4.73. The van der Waals surface area contributed by atoms with Crippen molar-refractivity contribution in [2.45, 2.75) is 5.92 Å². The Labute approximate surface area is 160 Å². The minimum atomic E-state index is -3.33. The topological polar surface area (TPSA) is 39.1 Å². The second kappa shape index (κ2) is 7.02. The van der Waals surface area contributed by atoms with Crippen molar-refractivity contribution in [3.63, 3.8) is 0 Å². The summed E-state index contributed by atoms with van der Waals surface area (Å²) in [5.41, 5.74) is -0.451. The molecule has 0 aromatic heterocycles. The van der Waals surface area contributed by atoms with Gasteiger partial charge >= 0.3 is 5.92 Å². The lowest BCUT2D eigenvalue weighted by atomic mass is 10.0. The maximum Gasteiger partial charge on any atom is 0.312 e. The van der Waals surface area contributed by atoms with Crippen LogP contribution in [-0.2, 0) is 5.92 Å². The van der Waals surface area contributed by atoms with E-state index in [1.54, 1.807) is 6.07 Å². The normalized spacial score (nSPS) is 14.0. The highest BCUT2D eigenvalue weighted by molar-refractivity contribution is 5.67. The Bertz CT molecular complexity index is 1090. The molecule has 2 aromatic carbocycles. The molecule has 0 unspecified atom stereocenters. The number of terminal acetylenes is 1. The van der Waals surface area contributed by atoms with Crippen LogP contribution in [0.3, 0.4) is 0 Å². The quantitative estimate of drug-likeness (QED) is 0.785. The third kappa shape index (κ3) is 3.13. The van der Waals surface area contributed by atoms with Crippen LogP contribution in [0, 0.1) is 29.5 Å². The van der Waals surface area contributed by atoms with Crippen molar-refractivity contribution in [2.24, 2.45) is 0 Å². The maximum absolute atomic E-state index is 14.8. The molecular formula is C22H14F3N3. The Morgan fingerprint density at radius 1 is 1.11 bits per heavy atom. The third-order valence-corrected chi connectivity index (χ3v) is 4.23. The summed E-state index contributed by atoms with van der Waals surface area (Å²) in [5.74, 6) is -1.80. The number of hydrogen-bond donors (Lipinski definition) is 1. The van der Waals surface area contributed by atoms with Gasteiger partial charge in [0, 0.05) is 16.8 Å². The Hall–Kier alpha value is -3.90. The minimum Gasteiger partial charge on any atom is -0.340 e. The van der Waals surface area contributed by atoms with Crippen molar-refractivity contribution in [1.82, 2.24) is 5.32 Å². The van der Waals surface area contributed by atoms with Crippen LogP contribution in [0.25, 0.3) is 0 Å². The molecule has 1 heterocycles. The Morgan fingerprint density at radius 2 is 1.79 bits per heavy atom. The van der Waals surface area contributed by atoms with Crippen LogP contribution in [0.2, 0.25) is 0 Å². The van der Waals surface area contributed by atoms with E-state index < -0.39 is 17.4 Å². The number of anilines is 1. The van der Waals surface area contributed by atoms with Crippen molar-refractivity contribution < 1.29 is 13.2 Å². The summed E-state index contributed by atoms with van der Waals surface area (Å²) in [6.45, 7) is 7.47. The SMILES string of the molecule is C#Cc1cc(N2C(=C)C=C(C(F)(F)c3ccccc3)NC2=C)c(F)cc1C#N. The summed E-state index contributed by atoms with van der Waals surface area (Å²) in [6, 6.07) is 11.3. The molecule has 0 radical (unpaired) electrons. The van der Waals surface area contributed by atoms with Crippen LogP contribution in [0.5, 0.6) is 0 Å². The summed E-state index contributed by atoms with van der Waals surface area (Å²) in [5, 5.41) is 11.6. The van der Waals surface area contributed by atoms with Gasteiger partial charge in [-0.25, -0.2) is 4.39 Å². The highest BCUT2D eigenvalue weighted by Gasteiger charge is 2.39. The number of nitrogens with one attached hydrogen (secondary N) is 1. The molecule has 0 atom stereocenters. The zero-order valence-corrected chi connectivity index (χ0v) is 14.6. The average Bonchev–Trinajstić information content (AvgIpc) is 2.68. The summed E-state index contributed by atoms with van der Waals surface area (Å²) in [7, 11) is 0. The van der Waals surface area contributed by atoms with E-state index in [1.807, 2.05) is 6.07 Å². The van der Waals surface area contributed by atoms with Crippen LogP contribution >= 0.6 is 0 Å². The van der Waals surface area contributed by atoms with Crippen LogP contribution < -0.4 is 10.2 Å². The number of nitrogens with zero attached hydrogens (tertiary/aromatic N) is 2. The van der Waals surface area contributed by atoms with Crippen molar-refractivity contribution in [1.29, 1.82) is 5.26 Å². The van der Waals surface area contributed by atoms with E-state index in [0.29, 0.717) is 0 Å². The molecular weight excluding hydrogens is 363 g/mol. The van der Waals surface area contributed by atoms with Gasteiger partial charge in [0.05, 0.1) is 16.9 Å². The first-order valence-electron chi connectivity index (χ1n) is 8.10. The van der Waals surface area contributed by atoms with Crippen LogP contribution in [0.1, 0.15) is 16.7 Å². The number of halogens is 3. The zero-order valence-electron chi connectivity index (χ0n) is 14.6. The summed E-state index contributed by atoms with van der Waals surface area (Å²) in [4.78, 5) is 1.22. The van der Waals surface area contributed by atoms with Crippen molar-refractivity contribution in [2.75, 3.05) is 4.90 Å². The zero-order chi connectivity index (χ0) is 20.5. The molecule has 0 bridgehead atoms. The van der Waals surface area contributed by atoms with Crippen LogP contribution in [-0.4, -0.2) is 0 Å². The fraction of sp³-hybridized carbons (Fsp3) is 0.0455. The molecule has 0 fully saturated rings. The number of benzene rings is 2. The van der Waals surface area contributed by atoms with Crippen LogP contribution in [0.4, 0.5) is 18.9 Å². The highest BCUT2D eigenvalue weighted by Crippen LogP contribution is 2.39. The van der Waals surface area contributed by atoms with Gasteiger partial charge in [0.25, 0.3) is 0 Å². The first-order chi connectivity index (χ1) is 13.3. The molecule has 0 saturated carbocycles. The predicted octanol–water partition coefficient (Wildman–Crippen LogP) is 4.75. The van der Waals surface area contributed by atoms with E-state index in [2.05, 4.69) is 24.4 Å². The first kappa shape index (κ1) is 18.9. The van der Waals surface area contributed by atoms with Gasteiger partial charge in [0.15, 0.2) is 0 Å². The molecule has 0 amide bonds. The summed E-state index contributed by atoms with van der Waals surface area (Å²) < 4.78 is 44.2. The number of hydrogen-bond acceptors (Lipinski definition) is 3. The van der Waals surface area contributed by atoms with Crippen molar-refractivity contribution in [3.8, 4) is 18.4 Å². The van der Waals surface area contributed by atoms with Gasteiger partial charge in [0.1, 0.15) is 17.7 Å². The van der Waals surface area contributed by atoms with Gasteiger partial charge in [-0.3, -0.25) is 4.90 Å². The molecule has 1 aliphatic heterocycles. The van der Waals surface area contributed by atoms with Gasteiger partial charge in [-0.2, -0.15) is 14.0 Å². The lowest BCUT2D eigenvalue weighted by Crippen LogP contribution is -2.39. The minimum absolute atomic E-state index is 0.00298. The Balaban J connectivity index is 2.03. The molecule has 3 rings (SSSR count). The van der Waals surface area contributed by atoms with E-state index in [-0.39, 0.29) is 33.9 Å². The largest absolute Gasteiger partial charge is 0.340 e. The molecule has 0 aliphatic carbocycles. The summed E-state index contributed by atoms with van der Waals surface area (Å²) in [6.07, 6.45) is 6.49. The molecule has 2 aromatic rings. The van der Waals surface area contributed by atoms with Gasteiger partial charge in [0.2, 0.25) is 0 Å². The average molecular weight is 377 g/mol. The number of nitriles is 1. The maximum atomic E-state index is 14.8. The van der Waals surface area contributed by atoms with Crippen molar-refractivity contribution >= 4 is 5.69 Å². The van der Waals surface area contributed by atoms with Gasteiger partial charge in [-0.05, 0) is 18.2 Å². The van der Waals surface area contributed by atoms with Crippen molar-refractivity contribution in [3.05, 3.63) is 101 Å². The monoisotopic (exact) mass is 377 g/mol. The third-order valence-electron chi connectivity index (χ3n) is 4.23. The van der Waals surface area contributed by atoms with E-state index in [9.17, 15) is 13.2 Å². The molecule has 0 spiro atoms. The summed E-state index contributed by atoms with van der Waals surface area (Å²) >= 11 is 0. The molecule has 1 aliphatic rings. The van der Waals surface area contributed by atoms with E-state index in [4.69, 9.17) is 11.7 Å². The van der Waals surface area contributed by atoms with E-state index in [1.165, 1.54) is 35.2 Å².